The van der Waals surface area contributed by atoms with Crippen molar-refractivity contribution in [3.05, 3.63) is 29.8 Å². The molecule has 19 heavy (non-hydrogen) atoms. The van der Waals surface area contributed by atoms with Crippen molar-refractivity contribution in [2.75, 3.05) is 13.1 Å². The smallest absolute Gasteiger partial charge is 0.330 e. The number of rotatable bonds is 6. The van der Waals surface area contributed by atoms with Crippen molar-refractivity contribution in [2.45, 2.75) is 26.7 Å². The highest BCUT2D eigenvalue weighted by Crippen LogP contribution is 2.13. The molecule has 0 aromatic heterocycles. The van der Waals surface area contributed by atoms with Crippen LogP contribution in [0.3, 0.4) is 0 Å². The summed E-state index contributed by atoms with van der Waals surface area (Å²) in [5, 5.41) is 5.05. The van der Waals surface area contributed by atoms with E-state index in [1.807, 2.05) is 32.0 Å². The van der Waals surface area contributed by atoms with E-state index >= 15 is 0 Å². The second-order valence-corrected chi connectivity index (χ2v) is 4.08. The standard InChI is InChI=1S/C14H20N2O3/c1-3-8-15-14(18)16-10-13(17)19-12-7-5-6-11(4-2)9-12/h5-7,9H,3-4,8,10H2,1-2H3,(H2,15,16,18). The second-order valence-electron chi connectivity index (χ2n) is 4.08. The molecule has 0 saturated carbocycles. The molecule has 0 saturated heterocycles. The first-order chi connectivity index (χ1) is 9.15. The maximum atomic E-state index is 11.5. The van der Waals surface area contributed by atoms with E-state index in [9.17, 15) is 9.59 Å². The predicted molar refractivity (Wildman–Crippen MR) is 73.1 cm³/mol. The minimum absolute atomic E-state index is 0.147. The van der Waals surface area contributed by atoms with Gasteiger partial charge in [-0.3, -0.25) is 0 Å². The number of ether oxygens (including phenoxy) is 1. The van der Waals surface area contributed by atoms with Crippen LogP contribution in [0, 0.1) is 0 Å². The Morgan fingerprint density at radius 3 is 2.68 bits per heavy atom. The fourth-order valence-electron chi connectivity index (χ4n) is 1.45. The second kappa shape index (κ2) is 8.13. The molecule has 1 rings (SSSR count). The number of hydrogen-bond acceptors (Lipinski definition) is 3. The Labute approximate surface area is 113 Å². The van der Waals surface area contributed by atoms with Gasteiger partial charge in [0.15, 0.2) is 0 Å². The molecular formula is C14H20N2O3. The van der Waals surface area contributed by atoms with Gasteiger partial charge in [0, 0.05) is 6.54 Å². The monoisotopic (exact) mass is 264 g/mol. The fraction of sp³-hybridized carbons (Fsp3) is 0.429. The molecule has 0 unspecified atom stereocenters. The first-order valence-electron chi connectivity index (χ1n) is 6.47. The Morgan fingerprint density at radius 2 is 2.00 bits per heavy atom. The van der Waals surface area contributed by atoms with Crippen molar-refractivity contribution >= 4 is 12.0 Å². The zero-order valence-electron chi connectivity index (χ0n) is 11.4. The van der Waals surface area contributed by atoms with Crippen LogP contribution in [-0.4, -0.2) is 25.1 Å². The van der Waals surface area contributed by atoms with Crippen molar-refractivity contribution in [2.24, 2.45) is 0 Å². The number of benzene rings is 1. The van der Waals surface area contributed by atoms with Crippen molar-refractivity contribution in [3.63, 3.8) is 0 Å². The van der Waals surface area contributed by atoms with Crippen LogP contribution in [-0.2, 0) is 11.2 Å². The number of carbonyl (C=O) groups is 2. The molecule has 0 bridgehead atoms. The minimum Gasteiger partial charge on any atom is -0.425 e. The summed E-state index contributed by atoms with van der Waals surface area (Å²) in [6.07, 6.45) is 1.73. The van der Waals surface area contributed by atoms with Crippen LogP contribution in [0.1, 0.15) is 25.8 Å². The topological polar surface area (TPSA) is 67.4 Å². The Hall–Kier alpha value is -2.04. The number of esters is 1. The highest BCUT2D eigenvalue weighted by atomic mass is 16.5. The molecule has 2 N–H and O–H groups in total. The molecule has 2 amide bonds. The summed E-state index contributed by atoms with van der Waals surface area (Å²) < 4.78 is 5.13. The quantitative estimate of drug-likeness (QED) is 0.609. The van der Waals surface area contributed by atoms with E-state index < -0.39 is 5.97 Å². The third-order valence-corrected chi connectivity index (χ3v) is 2.47. The fourth-order valence-corrected chi connectivity index (χ4v) is 1.45. The van der Waals surface area contributed by atoms with Crippen LogP contribution in [0.4, 0.5) is 4.79 Å². The number of nitrogens with one attached hydrogen (secondary N) is 2. The third kappa shape index (κ3) is 5.90. The molecule has 0 aliphatic heterocycles. The summed E-state index contributed by atoms with van der Waals surface area (Å²) in [6.45, 7) is 4.42. The predicted octanol–water partition coefficient (Wildman–Crippen LogP) is 1.86. The lowest BCUT2D eigenvalue weighted by Crippen LogP contribution is -2.39. The lowest BCUT2D eigenvalue weighted by molar-refractivity contribution is -0.133. The molecule has 0 atom stereocenters. The SMILES string of the molecule is CCCNC(=O)NCC(=O)Oc1cccc(CC)c1. The van der Waals surface area contributed by atoms with Gasteiger partial charge in [-0.15, -0.1) is 0 Å². The number of urea groups is 1. The summed E-state index contributed by atoms with van der Waals surface area (Å²) in [5.41, 5.74) is 1.10. The zero-order chi connectivity index (χ0) is 14.1. The summed E-state index contributed by atoms with van der Waals surface area (Å²) in [6, 6.07) is 6.97. The molecule has 0 heterocycles. The molecule has 0 aliphatic rings. The third-order valence-electron chi connectivity index (χ3n) is 2.47. The zero-order valence-corrected chi connectivity index (χ0v) is 11.4. The lowest BCUT2D eigenvalue weighted by atomic mass is 10.2. The highest BCUT2D eigenvalue weighted by Gasteiger charge is 2.07. The van der Waals surface area contributed by atoms with E-state index in [0.29, 0.717) is 12.3 Å². The molecule has 1 aromatic rings. The van der Waals surface area contributed by atoms with Crippen LogP contribution < -0.4 is 15.4 Å². The molecule has 0 radical (unpaired) electrons. The first-order valence-corrected chi connectivity index (χ1v) is 6.47. The summed E-state index contributed by atoms with van der Waals surface area (Å²) >= 11 is 0. The van der Waals surface area contributed by atoms with Gasteiger partial charge in [-0.1, -0.05) is 26.0 Å². The van der Waals surface area contributed by atoms with Crippen LogP contribution in [0.15, 0.2) is 24.3 Å². The average molecular weight is 264 g/mol. The van der Waals surface area contributed by atoms with Crippen LogP contribution >= 0.6 is 0 Å². The Morgan fingerprint density at radius 1 is 1.21 bits per heavy atom. The van der Waals surface area contributed by atoms with Gasteiger partial charge >= 0.3 is 12.0 Å². The number of aryl methyl sites for hydroxylation is 1. The molecule has 0 aliphatic carbocycles. The summed E-state index contributed by atoms with van der Waals surface area (Å²) in [4.78, 5) is 22.8. The molecule has 5 heteroatoms. The maximum absolute atomic E-state index is 11.5. The Bertz CT molecular complexity index is 432. The number of amides is 2. The molecular weight excluding hydrogens is 244 g/mol. The molecule has 0 fully saturated rings. The van der Waals surface area contributed by atoms with Crippen molar-refractivity contribution in [1.82, 2.24) is 10.6 Å². The normalized spacial score (nSPS) is 9.79. The lowest BCUT2D eigenvalue weighted by Gasteiger charge is -2.07. The van der Waals surface area contributed by atoms with E-state index in [0.717, 1.165) is 18.4 Å². The first kappa shape index (κ1) is 15.0. The summed E-state index contributed by atoms with van der Waals surface area (Å²) in [7, 11) is 0. The van der Waals surface area contributed by atoms with Gasteiger partial charge in [-0.2, -0.15) is 0 Å². The molecule has 104 valence electrons. The van der Waals surface area contributed by atoms with E-state index in [1.54, 1.807) is 6.07 Å². The van der Waals surface area contributed by atoms with Gasteiger partial charge in [-0.25, -0.2) is 9.59 Å². The van der Waals surface area contributed by atoms with Gasteiger partial charge in [0.2, 0.25) is 0 Å². The van der Waals surface area contributed by atoms with Crippen molar-refractivity contribution in [3.8, 4) is 5.75 Å². The van der Waals surface area contributed by atoms with Gasteiger partial charge in [0.25, 0.3) is 0 Å². The maximum Gasteiger partial charge on any atom is 0.330 e. The van der Waals surface area contributed by atoms with E-state index in [1.165, 1.54) is 0 Å². The van der Waals surface area contributed by atoms with E-state index in [4.69, 9.17) is 4.74 Å². The average Bonchev–Trinajstić information content (AvgIpc) is 2.43. The molecule has 1 aromatic carbocycles. The molecule has 0 spiro atoms. The van der Waals surface area contributed by atoms with Gasteiger partial charge < -0.3 is 15.4 Å². The number of hydrogen-bond donors (Lipinski definition) is 2. The van der Waals surface area contributed by atoms with E-state index in [2.05, 4.69) is 10.6 Å². The Kier molecular flexibility index (Phi) is 6.43. The van der Waals surface area contributed by atoms with Crippen LogP contribution in [0.5, 0.6) is 5.75 Å². The minimum atomic E-state index is -0.486. The van der Waals surface area contributed by atoms with Gasteiger partial charge in [-0.05, 0) is 30.5 Å². The summed E-state index contributed by atoms with van der Waals surface area (Å²) in [5.74, 6) is 0.0139. The van der Waals surface area contributed by atoms with E-state index in [-0.39, 0.29) is 12.6 Å². The number of carbonyl (C=O) groups excluding carboxylic acids is 2. The highest BCUT2D eigenvalue weighted by molar-refractivity contribution is 5.81. The van der Waals surface area contributed by atoms with Crippen molar-refractivity contribution < 1.29 is 14.3 Å². The van der Waals surface area contributed by atoms with Crippen molar-refractivity contribution in [1.29, 1.82) is 0 Å². The Balaban J connectivity index is 2.36. The molecule has 5 nitrogen and oxygen atoms in total. The largest absolute Gasteiger partial charge is 0.425 e. The van der Waals surface area contributed by atoms with Crippen LogP contribution in [0.25, 0.3) is 0 Å². The van der Waals surface area contributed by atoms with Crippen LogP contribution in [0.2, 0.25) is 0 Å². The van der Waals surface area contributed by atoms with Gasteiger partial charge in [0.1, 0.15) is 12.3 Å². The van der Waals surface area contributed by atoms with Gasteiger partial charge in [0.05, 0.1) is 0 Å².